The molecule has 1 fully saturated rings. The maximum atomic E-state index is 12.0. The summed E-state index contributed by atoms with van der Waals surface area (Å²) in [5.74, 6) is 0.0779. The highest BCUT2D eigenvalue weighted by Gasteiger charge is 2.23. The Hall–Kier alpha value is -1.72. The SMILES string of the molecule is CC[NH+]1CC[NH+](CC(=O)Nc2ccc(C(C)=O)cc2)CC1. The molecule has 0 bridgehead atoms. The molecule has 0 unspecified atom stereocenters. The van der Waals surface area contributed by atoms with Gasteiger partial charge in [-0.3, -0.25) is 9.59 Å². The van der Waals surface area contributed by atoms with E-state index < -0.39 is 0 Å². The van der Waals surface area contributed by atoms with Gasteiger partial charge in [-0.05, 0) is 38.1 Å². The number of anilines is 1. The third-order valence-electron chi connectivity index (χ3n) is 4.15. The Kier molecular flexibility index (Phi) is 5.47. The van der Waals surface area contributed by atoms with Crippen LogP contribution in [0.3, 0.4) is 0 Å². The number of piperazine rings is 1. The summed E-state index contributed by atoms with van der Waals surface area (Å²) in [6.07, 6.45) is 0. The van der Waals surface area contributed by atoms with Crippen molar-refractivity contribution in [1.29, 1.82) is 0 Å². The summed E-state index contributed by atoms with van der Waals surface area (Å²) >= 11 is 0. The van der Waals surface area contributed by atoms with Crippen LogP contribution in [0.15, 0.2) is 24.3 Å². The summed E-state index contributed by atoms with van der Waals surface area (Å²) in [4.78, 5) is 26.2. The number of hydrogen-bond acceptors (Lipinski definition) is 2. The van der Waals surface area contributed by atoms with Gasteiger partial charge in [0.05, 0.1) is 6.54 Å². The molecule has 0 radical (unpaired) electrons. The van der Waals surface area contributed by atoms with E-state index in [4.69, 9.17) is 0 Å². The second-order valence-electron chi connectivity index (χ2n) is 5.71. The molecule has 0 spiro atoms. The molecule has 0 atom stereocenters. The summed E-state index contributed by atoms with van der Waals surface area (Å²) in [7, 11) is 0. The molecule has 1 aliphatic rings. The van der Waals surface area contributed by atoms with Gasteiger partial charge in [-0.25, -0.2) is 0 Å². The van der Waals surface area contributed by atoms with E-state index in [1.807, 2.05) is 0 Å². The molecule has 0 aromatic heterocycles. The van der Waals surface area contributed by atoms with Gasteiger partial charge in [0, 0.05) is 11.3 Å². The van der Waals surface area contributed by atoms with Crippen molar-refractivity contribution in [3.05, 3.63) is 29.8 Å². The van der Waals surface area contributed by atoms with E-state index in [0.717, 1.165) is 31.9 Å². The van der Waals surface area contributed by atoms with Crippen LogP contribution in [0.2, 0.25) is 0 Å². The van der Waals surface area contributed by atoms with E-state index in [0.29, 0.717) is 12.1 Å². The van der Waals surface area contributed by atoms with Crippen molar-refractivity contribution in [2.45, 2.75) is 13.8 Å². The molecular formula is C16H25N3O2+2. The van der Waals surface area contributed by atoms with Crippen molar-refractivity contribution in [1.82, 2.24) is 0 Å². The van der Waals surface area contributed by atoms with Gasteiger partial charge < -0.3 is 15.1 Å². The summed E-state index contributed by atoms with van der Waals surface area (Å²) in [6.45, 7) is 9.83. The number of ketones is 1. The molecule has 5 nitrogen and oxygen atoms in total. The van der Waals surface area contributed by atoms with Crippen molar-refractivity contribution < 1.29 is 19.4 Å². The van der Waals surface area contributed by atoms with Gasteiger partial charge in [0.2, 0.25) is 0 Å². The summed E-state index contributed by atoms with van der Waals surface area (Å²) < 4.78 is 0. The number of Topliss-reactive ketones (excluding diaryl/α,β-unsaturated/α-hetero) is 1. The third kappa shape index (κ3) is 4.65. The molecular weight excluding hydrogens is 266 g/mol. The van der Waals surface area contributed by atoms with Gasteiger partial charge in [0.1, 0.15) is 26.2 Å². The van der Waals surface area contributed by atoms with E-state index in [1.165, 1.54) is 18.4 Å². The Morgan fingerprint density at radius 2 is 1.62 bits per heavy atom. The molecule has 1 aliphatic heterocycles. The van der Waals surface area contributed by atoms with Crippen molar-refractivity contribution >= 4 is 17.4 Å². The van der Waals surface area contributed by atoms with Crippen LogP contribution in [0.5, 0.6) is 0 Å². The summed E-state index contributed by atoms with van der Waals surface area (Å²) in [5, 5.41) is 2.90. The van der Waals surface area contributed by atoms with Crippen LogP contribution in [-0.2, 0) is 4.79 Å². The zero-order valence-corrected chi connectivity index (χ0v) is 12.9. The maximum absolute atomic E-state index is 12.0. The fourth-order valence-corrected chi connectivity index (χ4v) is 2.71. The summed E-state index contributed by atoms with van der Waals surface area (Å²) in [5.41, 5.74) is 1.42. The predicted octanol–water partition coefficient (Wildman–Crippen LogP) is -1.37. The molecule has 2 rings (SSSR count). The zero-order valence-electron chi connectivity index (χ0n) is 12.9. The lowest BCUT2D eigenvalue weighted by Gasteiger charge is -2.28. The highest BCUT2D eigenvalue weighted by atomic mass is 16.2. The molecule has 1 aromatic rings. The van der Waals surface area contributed by atoms with E-state index in [1.54, 1.807) is 29.2 Å². The number of benzene rings is 1. The van der Waals surface area contributed by atoms with Gasteiger partial charge in [0.15, 0.2) is 12.3 Å². The largest absolute Gasteiger partial charge is 0.326 e. The van der Waals surface area contributed by atoms with Gasteiger partial charge in [0.25, 0.3) is 5.91 Å². The monoisotopic (exact) mass is 291 g/mol. The molecule has 3 N–H and O–H groups in total. The molecule has 1 amide bonds. The average Bonchev–Trinajstić information content (AvgIpc) is 2.48. The third-order valence-corrected chi connectivity index (χ3v) is 4.15. The first-order valence-electron chi connectivity index (χ1n) is 7.66. The standard InChI is InChI=1S/C16H23N3O2/c1-3-18-8-10-19(11-9-18)12-16(21)17-15-6-4-14(5-7-15)13(2)20/h4-7H,3,8-12H2,1-2H3,(H,17,21)/p+2. The van der Waals surface area contributed by atoms with Gasteiger partial charge >= 0.3 is 0 Å². The predicted molar refractivity (Wildman–Crippen MR) is 81.9 cm³/mol. The van der Waals surface area contributed by atoms with Crippen LogP contribution in [0, 0.1) is 0 Å². The number of carbonyl (C=O) groups excluding carboxylic acids is 2. The van der Waals surface area contributed by atoms with Crippen molar-refractivity contribution in [2.24, 2.45) is 0 Å². The minimum absolute atomic E-state index is 0.0358. The lowest BCUT2D eigenvalue weighted by molar-refractivity contribution is -1.01. The molecule has 1 aromatic carbocycles. The Bertz CT molecular complexity index is 491. The normalized spacial score (nSPS) is 21.8. The number of hydrogen-bond donors (Lipinski definition) is 3. The average molecular weight is 291 g/mol. The molecule has 114 valence electrons. The number of likely N-dealkylation sites (N-methyl/N-ethyl adjacent to an activating group) is 1. The van der Waals surface area contributed by atoms with E-state index in [-0.39, 0.29) is 11.7 Å². The van der Waals surface area contributed by atoms with E-state index in [9.17, 15) is 9.59 Å². The molecule has 1 heterocycles. The van der Waals surface area contributed by atoms with Crippen LogP contribution in [0.4, 0.5) is 5.69 Å². The van der Waals surface area contributed by atoms with Crippen molar-refractivity contribution in [2.75, 3.05) is 44.6 Å². The highest BCUT2D eigenvalue weighted by Crippen LogP contribution is 2.09. The number of carbonyl (C=O) groups is 2. The lowest BCUT2D eigenvalue weighted by Crippen LogP contribution is -3.28. The van der Waals surface area contributed by atoms with E-state index in [2.05, 4.69) is 12.2 Å². The number of rotatable bonds is 5. The van der Waals surface area contributed by atoms with Gasteiger partial charge in [-0.2, -0.15) is 0 Å². The lowest BCUT2D eigenvalue weighted by atomic mass is 10.1. The molecule has 21 heavy (non-hydrogen) atoms. The fourth-order valence-electron chi connectivity index (χ4n) is 2.71. The first-order chi connectivity index (χ1) is 10.1. The molecule has 5 heteroatoms. The minimum atomic E-state index is 0.0358. The Labute approximate surface area is 125 Å². The molecule has 0 saturated carbocycles. The second kappa shape index (κ2) is 7.33. The second-order valence-corrected chi connectivity index (χ2v) is 5.71. The van der Waals surface area contributed by atoms with E-state index >= 15 is 0 Å². The Balaban J connectivity index is 1.80. The Morgan fingerprint density at radius 1 is 1.05 bits per heavy atom. The Morgan fingerprint density at radius 3 is 2.14 bits per heavy atom. The van der Waals surface area contributed by atoms with Gasteiger partial charge in [-0.15, -0.1) is 0 Å². The van der Waals surface area contributed by atoms with Crippen LogP contribution in [0.1, 0.15) is 24.2 Å². The maximum Gasteiger partial charge on any atom is 0.279 e. The van der Waals surface area contributed by atoms with Crippen LogP contribution in [-0.4, -0.2) is 51.0 Å². The quantitative estimate of drug-likeness (QED) is 0.587. The van der Waals surface area contributed by atoms with Crippen LogP contribution < -0.4 is 15.1 Å². The summed E-state index contributed by atoms with van der Waals surface area (Å²) in [6, 6.07) is 7.05. The zero-order chi connectivity index (χ0) is 15.2. The highest BCUT2D eigenvalue weighted by molar-refractivity contribution is 5.95. The number of quaternary nitrogens is 2. The molecule has 1 saturated heterocycles. The first kappa shape index (κ1) is 15.7. The first-order valence-corrected chi connectivity index (χ1v) is 7.66. The number of amides is 1. The molecule has 0 aliphatic carbocycles. The minimum Gasteiger partial charge on any atom is -0.326 e. The number of nitrogens with one attached hydrogen (secondary N) is 3. The van der Waals surface area contributed by atoms with Gasteiger partial charge in [-0.1, -0.05) is 0 Å². The smallest absolute Gasteiger partial charge is 0.279 e. The van der Waals surface area contributed by atoms with Crippen molar-refractivity contribution in [3.63, 3.8) is 0 Å². The fraction of sp³-hybridized carbons (Fsp3) is 0.500. The topological polar surface area (TPSA) is 55.1 Å². The van der Waals surface area contributed by atoms with Crippen molar-refractivity contribution in [3.8, 4) is 0 Å². The van der Waals surface area contributed by atoms with Crippen LogP contribution >= 0.6 is 0 Å². The van der Waals surface area contributed by atoms with Crippen LogP contribution in [0.25, 0.3) is 0 Å².